The van der Waals surface area contributed by atoms with Gasteiger partial charge in [-0.15, -0.1) is 0 Å². The average molecular weight is 362 g/mol. The first-order valence-corrected chi connectivity index (χ1v) is 7.87. The summed E-state index contributed by atoms with van der Waals surface area (Å²) in [5.41, 5.74) is 4.25. The summed E-state index contributed by atoms with van der Waals surface area (Å²) < 4.78 is 1.56. The van der Waals surface area contributed by atoms with Crippen LogP contribution in [0.25, 0.3) is 16.9 Å². The Morgan fingerprint density at radius 3 is 2.38 bits per heavy atom. The van der Waals surface area contributed by atoms with Crippen molar-refractivity contribution in [3.63, 3.8) is 0 Å². The zero-order chi connectivity index (χ0) is 17.1. The minimum Gasteiger partial charge on any atom is -0.289 e. The van der Waals surface area contributed by atoms with Crippen LogP contribution in [0.4, 0.5) is 0 Å². The molecule has 0 unspecified atom stereocenters. The smallest absolute Gasteiger partial charge is 0.247 e. The van der Waals surface area contributed by atoms with E-state index in [0.29, 0.717) is 21.4 Å². The number of amides is 1. The number of benzene rings is 2. The molecule has 0 radical (unpaired) electrons. The number of carbonyl (C=O) groups excluding carboxylic acids is 1. The Hall–Kier alpha value is -2.34. The van der Waals surface area contributed by atoms with Crippen LogP contribution >= 0.6 is 23.2 Å². The van der Waals surface area contributed by atoms with Gasteiger partial charge in [0.1, 0.15) is 5.15 Å². The monoisotopic (exact) mass is 361 g/mol. The second-order valence-corrected chi connectivity index (χ2v) is 5.88. The van der Waals surface area contributed by atoms with E-state index in [0.717, 1.165) is 11.3 Å². The highest BCUT2D eigenvalue weighted by Crippen LogP contribution is 2.31. The summed E-state index contributed by atoms with van der Waals surface area (Å²) in [7, 11) is 0. The van der Waals surface area contributed by atoms with Gasteiger partial charge in [0, 0.05) is 16.1 Å². The Morgan fingerprint density at radius 1 is 1.08 bits per heavy atom. The topological polar surface area (TPSA) is 67.2 Å². The zero-order valence-electron chi connectivity index (χ0n) is 12.4. The van der Waals surface area contributed by atoms with Gasteiger partial charge in [-0.05, 0) is 24.3 Å². The highest BCUT2D eigenvalue weighted by Gasteiger charge is 2.21. The van der Waals surface area contributed by atoms with E-state index in [1.54, 1.807) is 34.4 Å². The molecule has 0 atom stereocenters. The van der Waals surface area contributed by atoms with Gasteiger partial charge in [0.25, 0.3) is 0 Å². The fraction of sp³-hybridized carbons (Fsp3) is 0.0588. The fourth-order valence-corrected chi connectivity index (χ4v) is 2.78. The number of carbonyl (C=O) groups is 1. The van der Waals surface area contributed by atoms with Crippen molar-refractivity contribution < 1.29 is 10.0 Å². The van der Waals surface area contributed by atoms with Gasteiger partial charge in [0.05, 0.1) is 17.8 Å². The average Bonchev–Trinajstić information content (AvgIpc) is 2.93. The molecule has 0 aliphatic heterocycles. The number of halogens is 2. The third-order valence-electron chi connectivity index (χ3n) is 3.50. The molecule has 1 aromatic heterocycles. The van der Waals surface area contributed by atoms with Gasteiger partial charge in [0.2, 0.25) is 5.91 Å². The van der Waals surface area contributed by atoms with Gasteiger partial charge in [-0.3, -0.25) is 10.0 Å². The third kappa shape index (κ3) is 3.28. The Labute approximate surface area is 148 Å². The van der Waals surface area contributed by atoms with Gasteiger partial charge < -0.3 is 0 Å². The molecule has 2 aromatic carbocycles. The summed E-state index contributed by atoms with van der Waals surface area (Å²) in [6, 6.07) is 16.4. The number of aromatic nitrogens is 2. The highest BCUT2D eigenvalue weighted by atomic mass is 35.5. The number of hydroxylamine groups is 1. The maximum Gasteiger partial charge on any atom is 0.247 e. The van der Waals surface area contributed by atoms with Crippen molar-refractivity contribution in [3.05, 3.63) is 70.3 Å². The molecule has 0 aliphatic carbocycles. The van der Waals surface area contributed by atoms with Gasteiger partial charge in [-0.2, -0.15) is 5.10 Å². The minimum absolute atomic E-state index is 0.0971. The Bertz CT molecular complexity index is 862. The zero-order valence-corrected chi connectivity index (χ0v) is 13.9. The molecule has 0 saturated carbocycles. The molecule has 0 saturated heterocycles. The van der Waals surface area contributed by atoms with Crippen LogP contribution in [0.5, 0.6) is 0 Å². The van der Waals surface area contributed by atoms with Crippen molar-refractivity contribution in [2.45, 2.75) is 6.42 Å². The van der Waals surface area contributed by atoms with E-state index in [1.165, 1.54) is 0 Å². The van der Waals surface area contributed by atoms with Crippen molar-refractivity contribution >= 4 is 29.1 Å². The molecule has 1 amide bonds. The lowest BCUT2D eigenvalue weighted by molar-refractivity contribution is -0.128. The molecule has 24 heavy (non-hydrogen) atoms. The number of nitrogens with one attached hydrogen (secondary N) is 1. The Balaban J connectivity index is 2.15. The summed E-state index contributed by atoms with van der Waals surface area (Å²) in [6.07, 6.45) is -0.0971. The number of hydrogen-bond acceptors (Lipinski definition) is 3. The molecule has 2 N–H and O–H groups in total. The van der Waals surface area contributed by atoms with Gasteiger partial charge in [-0.1, -0.05) is 53.5 Å². The summed E-state index contributed by atoms with van der Waals surface area (Å²) in [4.78, 5) is 11.6. The van der Waals surface area contributed by atoms with Gasteiger partial charge in [0.15, 0.2) is 0 Å². The van der Waals surface area contributed by atoms with Crippen LogP contribution in [-0.4, -0.2) is 20.9 Å². The molecule has 0 bridgehead atoms. The van der Waals surface area contributed by atoms with E-state index in [2.05, 4.69) is 5.10 Å². The van der Waals surface area contributed by atoms with Crippen LogP contribution in [-0.2, 0) is 11.2 Å². The second-order valence-electron chi connectivity index (χ2n) is 5.08. The van der Waals surface area contributed by atoms with Gasteiger partial charge >= 0.3 is 0 Å². The van der Waals surface area contributed by atoms with E-state index in [-0.39, 0.29) is 6.42 Å². The predicted molar refractivity (Wildman–Crippen MR) is 92.7 cm³/mol. The first-order chi connectivity index (χ1) is 11.6. The SMILES string of the molecule is O=C(Cc1c(-c2ccc(Cl)cc2)nn(-c2ccccc2)c1Cl)NO. The number of hydrogen-bond donors (Lipinski definition) is 2. The van der Waals surface area contributed by atoms with Crippen LogP contribution in [0.15, 0.2) is 54.6 Å². The predicted octanol–water partition coefficient (Wildman–Crippen LogP) is 3.89. The van der Waals surface area contributed by atoms with E-state index in [4.69, 9.17) is 28.4 Å². The first-order valence-electron chi connectivity index (χ1n) is 7.12. The lowest BCUT2D eigenvalue weighted by Gasteiger charge is -2.03. The summed E-state index contributed by atoms with van der Waals surface area (Å²) >= 11 is 12.4. The molecule has 1 heterocycles. The van der Waals surface area contributed by atoms with Crippen molar-refractivity contribution in [3.8, 4) is 16.9 Å². The fourth-order valence-electron chi connectivity index (χ4n) is 2.37. The van der Waals surface area contributed by atoms with Crippen molar-refractivity contribution in [1.82, 2.24) is 15.3 Å². The van der Waals surface area contributed by atoms with Crippen molar-refractivity contribution in [1.29, 1.82) is 0 Å². The number of rotatable bonds is 4. The molecular formula is C17H13Cl2N3O2. The lowest BCUT2D eigenvalue weighted by Crippen LogP contribution is -2.21. The molecule has 0 spiro atoms. The summed E-state index contributed by atoms with van der Waals surface area (Å²) in [5.74, 6) is -0.570. The van der Waals surface area contributed by atoms with E-state index in [9.17, 15) is 4.79 Å². The molecule has 3 aromatic rings. The normalized spacial score (nSPS) is 10.6. The Morgan fingerprint density at radius 2 is 1.75 bits per heavy atom. The molecule has 5 nitrogen and oxygen atoms in total. The van der Waals surface area contributed by atoms with Crippen LogP contribution in [0.2, 0.25) is 10.2 Å². The van der Waals surface area contributed by atoms with Gasteiger partial charge in [-0.25, -0.2) is 10.2 Å². The number of nitrogens with zero attached hydrogens (tertiary/aromatic N) is 2. The quantitative estimate of drug-likeness (QED) is 0.547. The van der Waals surface area contributed by atoms with E-state index >= 15 is 0 Å². The molecule has 0 aliphatic rings. The largest absolute Gasteiger partial charge is 0.289 e. The lowest BCUT2D eigenvalue weighted by atomic mass is 10.1. The van der Waals surface area contributed by atoms with E-state index < -0.39 is 5.91 Å². The number of para-hydroxylation sites is 1. The maximum atomic E-state index is 11.6. The molecule has 3 rings (SSSR count). The molecule has 7 heteroatoms. The van der Waals surface area contributed by atoms with Crippen LogP contribution in [0.1, 0.15) is 5.56 Å². The summed E-state index contributed by atoms with van der Waals surface area (Å²) in [5, 5.41) is 14.3. The molecule has 122 valence electrons. The van der Waals surface area contributed by atoms with Crippen molar-refractivity contribution in [2.75, 3.05) is 0 Å². The van der Waals surface area contributed by atoms with Crippen LogP contribution in [0, 0.1) is 0 Å². The van der Waals surface area contributed by atoms with Crippen LogP contribution in [0.3, 0.4) is 0 Å². The van der Waals surface area contributed by atoms with Crippen molar-refractivity contribution in [2.24, 2.45) is 0 Å². The first kappa shape index (κ1) is 16.5. The molecular weight excluding hydrogens is 349 g/mol. The standard InChI is InChI=1S/C17H13Cl2N3O2/c18-12-8-6-11(7-9-12)16-14(10-15(23)21-24)17(19)22(20-16)13-4-2-1-3-5-13/h1-9,24H,10H2,(H,21,23). The summed E-state index contributed by atoms with van der Waals surface area (Å²) in [6.45, 7) is 0. The Kier molecular flexibility index (Phi) is 4.85. The minimum atomic E-state index is -0.570. The van der Waals surface area contributed by atoms with Crippen LogP contribution < -0.4 is 5.48 Å². The molecule has 0 fully saturated rings. The second kappa shape index (κ2) is 7.05. The third-order valence-corrected chi connectivity index (χ3v) is 4.14. The maximum absolute atomic E-state index is 11.6. The van der Waals surface area contributed by atoms with E-state index in [1.807, 2.05) is 30.3 Å². The highest BCUT2D eigenvalue weighted by molar-refractivity contribution is 6.31.